The molecule has 0 unspecified atom stereocenters. The van der Waals surface area contributed by atoms with E-state index in [2.05, 4.69) is 11.7 Å². The number of allylic oxidation sites excluding steroid dienone is 1. The monoisotopic (exact) mass is 323 g/mol. The van der Waals surface area contributed by atoms with Crippen molar-refractivity contribution in [3.63, 3.8) is 0 Å². The Balaban J connectivity index is 3.37. The minimum atomic E-state index is -0.901. The van der Waals surface area contributed by atoms with Gasteiger partial charge in [0.05, 0.1) is 18.4 Å². The first kappa shape index (κ1) is 18.9. The van der Waals surface area contributed by atoms with Gasteiger partial charge in [0, 0.05) is 6.42 Å². The van der Waals surface area contributed by atoms with E-state index in [1.165, 1.54) is 13.2 Å². The van der Waals surface area contributed by atoms with E-state index < -0.39 is 17.3 Å². The number of hydrogen-bond acceptors (Lipinski definition) is 6. The molecule has 1 rings (SSSR count). The summed E-state index contributed by atoms with van der Waals surface area (Å²) in [5.41, 5.74) is -0.302. The Kier molecular flexibility index (Phi) is 6.54. The predicted octanol–water partition coefficient (Wildman–Crippen LogP) is 2.95. The predicted molar refractivity (Wildman–Crippen MR) is 87.1 cm³/mol. The maximum Gasteiger partial charge on any atom is 0.316 e. The van der Waals surface area contributed by atoms with Crippen LogP contribution in [0.25, 0.3) is 0 Å². The van der Waals surface area contributed by atoms with Crippen LogP contribution in [0.1, 0.15) is 40.0 Å². The highest BCUT2D eigenvalue weighted by Gasteiger charge is 2.47. The van der Waals surface area contributed by atoms with E-state index in [-0.39, 0.29) is 30.1 Å². The SMILES string of the molecule is C=CCO/N=C(\CCC)C1=C(O)[C@H](C(=O)OC)C(C)(C)CC1=O. The maximum absolute atomic E-state index is 12.5. The normalized spacial score (nSPS) is 21.1. The Morgan fingerprint density at radius 2 is 2.17 bits per heavy atom. The van der Waals surface area contributed by atoms with Gasteiger partial charge in [-0.3, -0.25) is 9.59 Å². The van der Waals surface area contributed by atoms with Gasteiger partial charge in [-0.1, -0.05) is 45.0 Å². The fraction of sp³-hybridized carbons (Fsp3) is 0.588. The molecule has 0 heterocycles. The largest absolute Gasteiger partial charge is 0.511 e. The second-order valence-electron chi connectivity index (χ2n) is 6.18. The van der Waals surface area contributed by atoms with Crippen LogP contribution in [0.4, 0.5) is 0 Å². The zero-order chi connectivity index (χ0) is 17.6. The summed E-state index contributed by atoms with van der Waals surface area (Å²) in [5, 5.41) is 14.5. The third kappa shape index (κ3) is 4.21. The fourth-order valence-electron chi connectivity index (χ4n) is 2.74. The van der Waals surface area contributed by atoms with Gasteiger partial charge in [-0.25, -0.2) is 0 Å². The molecule has 1 N–H and O–H groups in total. The lowest BCUT2D eigenvalue weighted by Crippen LogP contribution is -2.41. The third-order valence-electron chi connectivity index (χ3n) is 3.79. The Morgan fingerprint density at radius 3 is 2.70 bits per heavy atom. The zero-order valence-electron chi connectivity index (χ0n) is 14.2. The average molecular weight is 323 g/mol. The molecule has 1 aliphatic carbocycles. The van der Waals surface area contributed by atoms with Crippen molar-refractivity contribution in [1.82, 2.24) is 0 Å². The van der Waals surface area contributed by atoms with Crippen molar-refractivity contribution in [3.8, 4) is 0 Å². The molecular formula is C17H25NO5. The van der Waals surface area contributed by atoms with Crippen LogP contribution in [0.15, 0.2) is 29.1 Å². The van der Waals surface area contributed by atoms with Crippen molar-refractivity contribution in [3.05, 3.63) is 24.0 Å². The second-order valence-corrected chi connectivity index (χ2v) is 6.18. The number of oxime groups is 1. The van der Waals surface area contributed by atoms with Crippen molar-refractivity contribution in [2.45, 2.75) is 40.0 Å². The number of methoxy groups -OCH3 is 1. The number of aliphatic hydroxyl groups excluding tert-OH is 1. The van der Waals surface area contributed by atoms with Gasteiger partial charge in [-0.05, 0) is 11.8 Å². The summed E-state index contributed by atoms with van der Waals surface area (Å²) in [7, 11) is 1.26. The first-order valence-electron chi connectivity index (χ1n) is 7.64. The van der Waals surface area contributed by atoms with Crippen molar-refractivity contribution < 1.29 is 24.3 Å². The molecule has 0 aromatic heterocycles. The number of esters is 1. The van der Waals surface area contributed by atoms with Gasteiger partial charge < -0.3 is 14.7 Å². The minimum absolute atomic E-state index is 0.0747. The third-order valence-corrected chi connectivity index (χ3v) is 3.79. The molecule has 6 heteroatoms. The van der Waals surface area contributed by atoms with Crippen LogP contribution in [-0.4, -0.2) is 36.3 Å². The number of carbonyl (C=O) groups is 2. The average Bonchev–Trinajstić information content (AvgIpc) is 2.45. The van der Waals surface area contributed by atoms with Gasteiger partial charge in [-0.2, -0.15) is 0 Å². The van der Waals surface area contributed by atoms with Gasteiger partial charge in [0.15, 0.2) is 5.78 Å². The molecule has 0 saturated heterocycles. The summed E-state index contributed by atoms with van der Waals surface area (Å²) in [6, 6.07) is 0. The Bertz CT molecular complexity index is 545. The molecule has 0 aliphatic heterocycles. The number of hydrogen-bond donors (Lipinski definition) is 1. The number of rotatable bonds is 7. The van der Waals surface area contributed by atoms with E-state index in [1.807, 2.05) is 6.92 Å². The molecule has 128 valence electrons. The molecule has 0 aromatic rings. The molecule has 23 heavy (non-hydrogen) atoms. The first-order valence-corrected chi connectivity index (χ1v) is 7.64. The van der Waals surface area contributed by atoms with Crippen molar-refractivity contribution in [1.29, 1.82) is 0 Å². The summed E-state index contributed by atoms with van der Waals surface area (Å²) >= 11 is 0. The van der Waals surface area contributed by atoms with Crippen LogP contribution >= 0.6 is 0 Å². The number of ether oxygens (including phenoxy) is 1. The Morgan fingerprint density at radius 1 is 1.52 bits per heavy atom. The summed E-state index contributed by atoms with van der Waals surface area (Å²) in [4.78, 5) is 29.7. The highest BCUT2D eigenvalue weighted by molar-refractivity contribution is 6.23. The van der Waals surface area contributed by atoms with E-state index >= 15 is 0 Å². The highest BCUT2D eigenvalue weighted by atomic mass is 16.6. The summed E-state index contributed by atoms with van der Waals surface area (Å²) in [6.45, 7) is 9.16. The van der Waals surface area contributed by atoms with E-state index in [0.717, 1.165) is 0 Å². The van der Waals surface area contributed by atoms with Gasteiger partial charge in [-0.15, -0.1) is 0 Å². The standard InChI is InChI=1S/C17H25NO5/c1-6-8-11(18-23-9-7-2)13-12(19)10-17(3,4)14(15(13)20)16(21)22-5/h7,14,20H,2,6,8-10H2,1,3-5H3/b18-11+/t14-/m1/s1. The number of Topliss-reactive ketones (excluding diaryl/α,β-unsaturated/α-hetero) is 1. The summed E-state index contributed by atoms with van der Waals surface area (Å²) in [6.07, 6.45) is 2.82. The van der Waals surface area contributed by atoms with E-state index in [4.69, 9.17) is 9.57 Å². The minimum Gasteiger partial charge on any atom is -0.511 e. The quantitative estimate of drug-likeness (QED) is 0.256. The molecule has 0 amide bonds. The molecule has 0 aromatic carbocycles. The lowest BCUT2D eigenvalue weighted by atomic mass is 9.67. The van der Waals surface area contributed by atoms with Gasteiger partial charge in [0.2, 0.25) is 0 Å². The van der Waals surface area contributed by atoms with Crippen molar-refractivity contribution >= 4 is 17.5 Å². The van der Waals surface area contributed by atoms with Crippen LogP contribution in [-0.2, 0) is 19.2 Å². The van der Waals surface area contributed by atoms with Crippen LogP contribution in [0, 0.1) is 11.3 Å². The van der Waals surface area contributed by atoms with Gasteiger partial charge >= 0.3 is 5.97 Å². The molecule has 1 aliphatic rings. The molecule has 6 nitrogen and oxygen atoms in total. The van der Waals surface area contributed by atoms with Crippen LogP contribution in [0.5, 0.6) is 0 Å². The Hall–Kier alpha value is -2.11. The van der Waals surface area contributed by atoms with Gasteiger partial charge in [0.25, 0.3) is 0 Å². The van der Waals surface area contributed by atoms with E-state index in [9.17, 15) is 14.7 Å². The van der Waals surface area contributed by atoms with Crippen LogP contribution in [0.2, 0.25) is 0 Å². The molecule has 0 bridgehead atoms. The topological polar surface area (TPSA) is 85.2 Å². The number of ketones is 1. The molecule has 0 fully saturated rings. The number of aliphatic hydroxyl groups is 1. The van der Waals surface area contributed by atoms with Crippen LogP contribution in [0.3, 0.4) is 0 Å². The highest BCUT2D eigenvalue weighted by Crippen LogP contribution is 2.42. The molecule has 0 spiro atoms. The number of nitrogens with zero attached hydrogens (tertiary/aromatic N) is 1. The van der Waals surface area contributed by atoms with Crippen molar-refractivity contribution in [2.75, 3.05) is 13.7 Å². The second kappa shape index (κ2) is 7.94. The summed E-state index contributed by atoms with van der Waals surface area (Å²) in [5.74, 6) is -2.00. The molecule has 0 saturated carbocycles. The summed E-state index contributed by atoms with van der Waals surface area (Å²) < 4.78 is 4.79. The van der Waals surface area contributed by atoms with E-state index in [0.29, 0.717) is 18.6 Å². The maximum atomic E-state index is 12.5. The Labute approximate surface area is 136 Å². The van der Waals surface area contributed by atoms with Crippen molar-refractivity contribution in [2.24, 2.45) is 16.5 Å². The van der Waals surface area contributed by atoms with E-state index in [1.54, 1.807) is 13.8 Å². The van der Waals surface area contributed by atoms with Gasteiger partial charge in [0.1, 0.15) is 18.3 Å². The fourth-order valence-corrected chi connectivity index (χ4v) is 2.74. The zero-order valence-corrected chi connectivity index (χ0v) is 14.2. The lowest BCUT2D eigenvalue weighted by Gasteiger charge is -2.36. The molecule has 1 atom stereocenters. The molecular weight excluding hydrogens is 298 g/mol. The lowest BCUT2D eigenvalue weighted by molar-refractivity contribution is -0.150. The molecule has 0 radical (unpaired) electrons. The smallest absolute Gasteiger partial charge is 0.316 e. The first-order chi connectivity index (χ1) is 10.8. The van der Waals surface area contributed by atoms with Crippen LogP contribution < -0.4 is 0 Å². The number of carbonyl (C=O) groups excluding carboxylic acids is 2.